The summed E-state index contributed by atoms with van der Waals surface area (Å²) < 4.78 is 5.70. The highest BCUT2D eigenvalue weighted by Crippen LogP contribution is 2.12. The molecule has 1 aliphatic heterocycles. The van der Waals surface area contributed by atoms with Crippen LogP contribution in [0.2, 0.25) is 0 Å². The molecule has 0 radical (unpaired) electrons. The van der Waals surface area contributed by atoms with Gasteiger partial charge in [0.1, 0.15) is 5.75 Å². The number of hydrogen-bond acceptors (Lipinski definition) is 2. The molecule has 2 heteroatoms. The van der Waals surface area contributed by atoms with Gasteiger partial charge in [-0.1, -0.05) is 31.0 Å². The molecule has 0 aliphatic carbocycles. The number of hydrogen-bond donors (Lipinski definition) is 0. The summed E-state index contributed by atoms with van der Waals surface area (Å²) in [5.74, 6) is 0.995. The molecule has 0 saturated carbocycles. The third-order valence-electron chi connectivity index (χ3n) is 3.83. The molecule has 2 rings (SSSR count). The fourth-order valence-corrected chi connectivity index (χ4v) is 2.68. The third-order valence-corrected chi connectivity index (χ3v) is 3.83. The van der Waals surface area contributed by atoms with Crippen LogP contribution in [-0.2, 0) is 0 Å². The lowest BCUT2D eigenvalue weighted by atomic mass is 10.2. The molecule has 0 spiro atoms. The van der Waals surface area contributed by atoms with Gasteiger partial charge in [-0.25, -0.2) is 0 Å². The highest BCUT2D eigenvalue weighted by molar-refractivity contribution is 5.20. The van der Waals surface area contributed by atoms with Crippen molar-refractivity contribution in [2.24, 2.45) is 0 Å². The number of likely N-dealkylation sites (tertiary alicyclic amines) is 1. The van der Waals surface area contributed by atoms with Gasteiger partial charge in [0.2, 0.25) is 0 Å². The summed E-state index contributed by atoms with van der Waals surface area (Å²) >= 11 is 0. The van der Waals surface area contributed by atoms with Crippen LogP contribution >= 0.6 is 0 Å². The van der Waals surface area contributed by atoms with E-state index in [0.717, 1.165) is 12.4 Å². The van der Waals surface area contributed by atoms with Gasteiger partial charge in [0.15, 0.2) is 0 Å². The maximum atomic E-state index is 5.70. The first-order valence-corrected chi connectivity index (χ1v) is 7.85. The first kappa shape index (κ1) is 14.4. The molecule has 1 aromatic rings. The maximum absolute atomic E-state index is 5.70. The van der Waals surface area contributed by atoms with Gasteiger partial charge >= 0.3 is 0 Å². The largest absolute Gasteiger partial charge is 0.494 e. The summed E-state index contributed by atoms with van der Waals surface area (Å²) in [6.07, 6.45) is 9.43. The second-order valence-corrected chi connectivity index (χ2v) is 5.48. The maximum Gasteiger partial charge on any atom is 0.119 e. The first-order valence-electron chi connectivity index (χ1n) is 7.85. The van der Waals surface area contributed by atoms with Gasteiger partial charge in [-0.05, 0) is 63.9 Å². The van der Waals surface area contributed by atoms with Crippen LogP contribution in [-0.4, -0.2) is 31.1 Å². The van der Waals surface area contributed by atoms with E-state index in [9.17, 15) is 0 Å². The van der Waals surface area contributed by atoms with E-state index in [1.54, 1.807) is 0 Å². The van der Waals surface area contributed by atoms with Crippen LogP contribution < -0.4 is 4.74 Å². The van der Waals surface area contributed by atoms with E-state index >= 15 is 0 Å². The molecule has 1 saturated heterocycles. The normalized spacial score (nSPS) is 17.1. The fourth-order valence-electron chi connectivity index (χ4n) is 2.68. The van der Waals surface area contributed by atoms with E-state index in [-0.39, 0.29) is 0 Å². The SMILES string of the molecule is c1ccc(OCCCCCN2CCCCCC2)cc1. The molecule has 19 heavy (non-hydrogen) atoms. The summed E-state index contributed by atoms with van der Waals surface area (Å²) in [4.78, 5) is 2.64. The summed E-state index contributed by atoms with van der Waals surface area (Å²) in [5, 5.41) is 0. The third kappa shape index (κ3) is 6.11. The van der Waals surface area contributed by atoms with Gasteiger partial charge in [0, 0.05) is 0 Å². The number of benzene rings is 1. The molecule has 2 nitrogen and oxygen atoms in total. The zero-order chi connectivity index (χ0) is 13.2. The van der Waals surface area contributed by atoms with Crippen molar-refractivity contribution in [2.75, 3.05) is 26.2 Å². The molecule has 1 aromatic carbocycles. The van der Waals surface area contributed by atoms with E-state index in [1.165, 1.54) is 64.6 Å². The minimum Gasteiger partial charge on any atom is -0.494 e. The van der Waals surface area contributed by atoms with Crippen molar-refractivity contribution in [3.63, 3.8) is 0 Å². The fraction of sp³-hybridized carbons (Fsp3) is 0.647. The van der Waals surface area contributed by atoms with Crippen molar-refractivity contribution in [2.45, 2.75) is 44.9 Å². The molecular weight excluding hydrogens is 234 g/mol. The molecule has 0 amide bonds. The Hall–Kier alpha value is -1.02. The molecule has 1 aliphatic rings. The quantitative estimate of drug-likeness (QED) is 0.685. The zero-order valence-electron chi connectivity index (χ0n) is 12.0. The molecule has 0 aromatic heterocycles. The number of nitrogens with zero attached hydrogens (tertiary/aromatic N) is 1. The van der Waals surface area contributed by atoms with Crippen LogP contribution in [0.1, 0.15) is 44.9 Å². The average molecular weight is 261 g/mol. The Balaban J connectivity index is 1.48. The zero-order valence-corrected chi connectivity index (χ0v) is 12.0. The van der Waals surface area contributed by atoms with Crippen molar-refractivity contribution in [1.29, 1.82) is 0 Å². The smallest absolute Gasteiger partial charge is 0.119 e. The molecule has 1 heterocycles. The van der Waals surface area contributed by atoms with E-state index in [2.05, 4.69) is 4.90 Å². The molecule has 0 unspecified atom stereocenters. The van der Waals surface area contributed by atoms with Crippen LogP contribution in [0, 0.1) is 0 Å². The summed E-state index contributed by atoms with van der Waals surface area (Å²) in [6, 6.07) is 10.1. The first-order chi connectivity index (χ1) is 9.45. The summed E-state index contributed by atoms with van der Waals surface area (Å²) in [7, 11) is 0. The predicted octanol–water partition coefficient (Wildman–Crippen LogP) is 4.11. The Morgan fingerprint density at radius 2 is 1.58 bits per heavy atom. The summed E-state index contributed by atoms with van der Waals surface area (Å²) in [6.45, 7) is 4.77. The monoisotopic (exact) mass is 261 g/mol. The number of rotatable bonds is 7. The standard InChI is InChI=1S/C17H27NO/c1-2-8-14-18(13-7-1)15-9-4-10-16-19-17-11-5-3-6-12-17/h3,5-6,11-12H,1-2,4,7-10,13-16H2. The molecule has 106 valence electrons. The van der Waals surface area contributed by atoms with Gasteiger partial charge in [-0.3, -0.25) is 0 Å². The molecule has 0 bridgehead atoms. The van der Waals surface area contributed by atoms with Crippen LogP contribution in [0.4, 0.5) is 0 Å². The number of para-hydroxylation sites is 1. The minimum atomic E-state index is 0.851. The van der Waals surface area contributed by atoms with Crippen LogP contribution in [0.25, 0.3) is 0 Å². The molecule has 0 N–H and O–H groups in total. The van der Waals surface area contributed by atoms with Gasteiger partial charge < -0.3 is 9.64 Å². The Kier molecular flexibility index (Phi) is 6.80. The molecule has 0 atom stereocenters. The van der Waals surface area contributed by atoms with Crippen LogP contribution in [0.15, 0.2) is 30.3 Å². The van der Waals surface area contributed by atoms with Gasteiger partial charge in [0.25, 0.3) is 0 Å². The second-order valence-electron chi connectivity index (χ2n) is 5.48. The number of unbranched alkanes of at least 4 members (excludes halogenated alkanes) is 2. The minimum absolute atomic E-state index is 0.851. The highest BCUT2D eigenvalue weighted by Gasteiger charge is 2.07. The molecular formula is C17H27NO. The van der Waals surface area contributed by atoms with Crippen LogP contribution in [0.5, 0.6) is 5.75 Å². The van der Waals surface area contributed by atoms with Gasteiger partial charge in [-0.2, -0.15) is 0 Å². The van der Waals surface area contributed by atoms with E-state index in [1.807, 2.05) is 30.3 Å². The predicted molar refractivity (Wildman–Crippen MR) is 80.7 cm³/mol. The second kappa shape index (κ2) is 8.98. The van der Waals surface area contributed by atoms with E-state index in [0.29, 0.717) is 0 Å². The highest BCUT2D eigenvalue weighted by atomic mass is 16.5. The Labute approximate surface area is 117 Å². The van der Waals surface area contributed by atoms with Crippen LogP contribution in [0.3, 0.4) is 0 Å². The lowest BCUT2D eigenvalue weighted by Crippen LogP contribution is -2.25. The Morgan fingerprint density at radius 3 is 2.32 bits per heavy atom. The van der Waals surface area contributed by atoms with Gasteiger partial charge in [-0.15, -0.1) is 0 Å². The van der Waals surface area contributed by atoms with Crippen molar-refractivity contribution >= 4 is 0 Å². The number of ether oxygens (including phenoxy) is 1. The van der Waals surface area contributed by atoms with Crippen molar-refractivity contribution in [1.82, 2.24) is 4.90 Å². The average Bonchev–Trinajstić information content (AvgIpc) is 2.72. The Bertz CT molecular complexity index is 317. The van der Waals surface area contributed by atoms with Crippen molar-refractivity contribution < 1.29 is 4.74 Å². The van der Waals surface area contributed by atoms with E-state index < -0.39 is 0 Å². The topological polar surface area (TPSA) is 12.5 Å². The molecule has 1 fully saturated rings. The van der Waals surface area contributed by atoms with Gasteiger partial charge in [0.05, 0.1) is 6.61 Å². The Morgan fingerprint density at radius 1 is 0.842 bits per heavy atom. The summed E-state index contributed by atoms with van der Waals surface area (Å²) in [5.41, 5.74) is 0. The lowest BCUT2D eigenvalue weighted by molar-refractivity contribution is 0.266. The lowest BCUT2D eigenvalue weighted by Gasteiger charge is -2.19. The van der Waals surface area contributed by atoms with E-state index in [4.69, 9.17) is 4.74 Å². The van der Waals surface area contributed by atoms with Crippen molar-refractivity contribution in [3.05, 3.63) is 30.3 Å². The van der Waals surface area contributed by atoms with Crippen molar-refractivity contribution in [3.8, 4) is 5.75 Å².